The third-order valence-electron chi connectivity index (χ3n) is 5.67. The minimum atomic E-state index is -4.51. The van der Waals surface area contributed by atoms with Crippen LogP contribution in [0.5, 0.6) is 0 Å². The smallest absolute Gasteiger partial charge is 0.302 e. The summed E-state index contributed by atoms with van der Waals surface area (Å²) in [7, 11) is 1.94. The molecule has 4 atom stereocenters. The topological polar surface area (TPSA) is 40.6 Å². The van der Waals surface area contributed by atoms with Crippen LogP contribution in [0.1, 0.15) is 18.4 Å². The number of alkyl halides is 3. The van der Waals surface area contributed by atoms with Crippen LogP contribution < -0.4 is 4.90 Å². The van der Waals surface area contributed by atoms with Crippen molar-refractivity contribution in [1.29, 1.82) is 0 Å². The number of rotatable bonds is 1. The molecule has 4 fully saturated rings. The zero-order valence-corrected chi connectivity index (χ0v) is 13.1. The number of hydrogen-bond donors (Lipinski definition) is 0. The zero-order chi connectivity index (χ0) is 17.2. The monoisotopic (exact) mass is 338 g/mol. The molecule has 4 unspecified atom stereocenters. The third-order valence-corrected chi connectivity index (χ3v) is 5.67. The average molecular weight is 338 g/mol. The molecule has 3 heterocycles. The highest BCUT2D eigenvalue weighted by Gasteiger charge is 2.60. The molecule has 7 heteroatoms. The molecular formula is C17H17F3N2O2. The van der Waals surface area contributed by atoms with E-state index in [0.29, 0.717) is 0 Å². The van der Waals surface area contributed by atoms with Gasteiger partial charge in [0.05, 0.1) is 23.1 Å². The van der Waals surface area contributed by atoms with Crippen LogP contribution in [0.15, 0.2) is 24.3 Å². The lowest BCUT2D eigenvalue weighted by molar-refractivity contribution is -0.137. The van der Waals surface area contributed by atoms with E-state index in [0.717, 1.165) is 36.4 Å². The molecule has 1 aromatic rings. The van der Waals surface area contributed by atoms with Gasteiger partial charge in [0.1, 0.15) is 0 Å². The van der Waals surface area contributed by atoms with Gasteiger partial charge in [0.2, 0.25) is 11.8 Å². The SMILES string of the molecule is CN1CC2CCC1C1C(=O)N(c3cccc(C(F)(F)F)c3)C(=O)C21. The van der Waals surface area contributed by atoms with Crippen LogP contribution in [-0.2, 0) is 15.8 Å². The molecule has 3 saturated heterocycles. The van der Waals surface area contributed by atoms with E-state index < -0.39 is 17.7 Å². The maximum Gasteiger partial charge on any atom is 0.416 e. The molecule has 2 bridgehead atoms. The number of halogens is 3. The second-order valence-corrected chi connectivity index (χ2v) is 6.96. The highest BCUT2D eigenvalue weighted by molar-refractivity contribution is 6.22. The van der Waals surface area contributed by atoms with Gasteiger partial charge in [-0.3, -0.25) is 9.59 Å². The lowest BCUT2D eigenvalue weighted by Crippen LogP contribution is -2.56. The quantitative estimate of drug-likeness (QED) is 0.739. The number of fused-ring (bicyclic) bond motifs is 2. The van der Waals surface area contributed by atoms with E-state index >= 15 is 0 Å². The summed E-state index contributed by atoms with van der Waals surface area (Å²) in [6, 6.07) is 4.47. The average Bonchev–Trinajstić information content (AvgIpc) is 2.80. The van der Waals surface area contributed by atoms with Gasteiger partial charge in [-0.25, -0.2) is 4.90 Å². The van der Waals surface area contributed by atoms with Crippen LogP contribution in [0.4, 0.5) is 18.9 Å². The molecule has 0 N–H and O–H groups in total. The van der Waals surface area contributed by atoms with Gasteiger partial charge in [-0.1, -0.05) is 6.07 Å². The van der Waals surface area contributed by atoms with Crippen molar-refractivity contribution in [1.82, 2.24) is 4.90 Å². The van der Waals surface area contributed by atoms with Crippen molar-refractivity contribution in [3.63, 3.8) is 0 Å². The molecule has 0 spiro atoms. The van der Waals surface area contributed by atoms with E-state index in [-0.39, 0.29) is 35.4 Å². The van der Waals surface area contributed by atoms with Crippen LogP contribution in [-0.4, -0.2) is 36.3 Å². The van der Waals surface area contributed by atoms with Gasteiger partial charge in [-0.2, -0.15) is 13.2 Å². The standard InChI is InChI=1S/C17H17F3N2O2/c1-21-8-9-5-6-12(21)14-13(9)15(23)22(16(14)24)11-4-2-3-10(7-11)17(18,19)20/h2-4,7,9,12-14H,5-6,8H2,1H3. The summed E-state index contributed by atoms with van der Waals surface area (Å²) < 4.78 is 38.8. The Labute approximate surface area is 137 Å². The van der Waals surface area contributed by atoms with Crippen molar-refractivity contribution in [3.05, 3.63) is 29.8 Å². The minimum absolute atomic E-state index is 0.00671. The largest absolute Gasteiger partial charge is 0.416 e. The molecule has 0 aromatic heterocycles. The molecule has 1 aliphatic carbocycles. The molecular weight excluding hydrogens is 321 g/mol. The highest BCUT2D eigenvalue weighted by Crippen LogP contribution is 2.49. The number of nitrogens with zero attached hydrogens (tertiary/aromatic N) is 2. The second kappa shape index (κ2) is 5.05. The van der Waals surface area contributed by atoms with Crippen molar-refractivity contribution < 1.29 is 22.8 Å². The summed E-state index contributed by atoms with van der Waals surface area (Å²) in [6.07, 6.45) is -2.75. The molecule has 2 amide bonds. The van der Waals surface area contributed by atoms with Crippen molar-refractivity contribution in [3.8, 4) is 0 Å². The number of piperidine rings is 2. The summed E-state index contributed by atoms with van der Waals surface area (Å²) in [5, 5.41) is 0. The van der Waals surface area contributed by atoms with Gasteiger partial charge in [-0.05, 0) is 44.0 Å². The van der Waals surface area contributed by atoms with Crippen LogP contribution in [0, 0.1) is 17.8 Å². The molecule has 4 nitrogen and oxygen atoms in total. The predicted molar refractivity (Wildman–Crippen MR) is 80.1 cm³/mol. The number of imide groups is 1. The van der Waals surface area contributed by atoms with Gasteiger partial charge in [0, 0.05) is 12.6 Å². The Kier molecular flexibility index (Phi) is 3.29. The van der Waals surface area contributed by atoms with Crippen molar-refractivity contribution in [2.24, 2.45) is 17.8 Å². The van der Waals surface area contributed by atoms with Crippen LogP contribution >= 0.6 is 0 Å². The van der Waals surface area contributed by atoms with Crippen molar-refractivity contribution in [2.45, 2.75) is 25.1 Å². The number of benzene rings is 1. The molecule has 1 saturated carbocycles. The van der Waals surface area contributed by atoms with Gasteiger partial charge < -0.3 is 4.90 Å². The van der Waals surface area contributed by atoms with Crippen molar-refractivity contribution >= 4 is 17.5 Å². The molecule has 4 aliphatic rings. The minimum Gasteiger partial charge on any atom is -0.302 e. The first-order chi connectivity index (χ1) is 11.3. The molecule has 128 valence electrons. The number of carbonyl (C=O) groups excluding carboxylic acids is 2. The fourth-order valence-electron chi connectivity index (χ4n) is 4.64. The lowest BCUT2D eigenvalue weighted by Gasteiger charge is -2.48. The summed E-state index contributed by atoms with van der Waals surface area (Å²) in [6.45, 7) is 0.765. The molecule has 24 heavy (non-hydrogen) atoms. The number of carbonyl (C=O) groups is 2. The van der Waals surface area contributed by atoms with Gasteiger partial charge in [0.25, 0.3) is 0 Å². The number of amides is 2. The van der Waals surface area contributed by atoms with Crippen LogP contribution in [0.25, 0.3) is 0 Å². The fourth-order valence-corrected chi connectivity index (χ4v) is 4.64. The second-order valence-electron chi connectivity index (χ2n) is 6.96. The van der Waals surface area contributed by atoms with E-state index in [2.05, 4.69) is 4.90 Å². The Hall–Kier alpha value is -1.89. The highest BCUT2D eigenvalue weighted by atomic mass is 19.4. The summed E-state index contributed by atoms with van der Waals surface area (Å²) in [5.74, 6) is -1.40. The number of hydrogen-bond acceptors (Lipinski definition) is 3. The van der Waals surface area contributed by atoms with E-state index in [1.165, 1.54) is 12.1 Å². The fraction of sp³-hybridized carbons (Fsp3) is 0.529. The van der Waals surface area contributed by atoms with Crippen LogP contribution in [0.3, 0.4) is 0 Å². The predicted octanol–water partition coefficient (Wildman–Crippen LogP) is 2.54. The normalized spacial score (nSPS) is 33.2. The molecule has 3 aliphatic heterocycles. The van der Waals surface area contributed by atoms with Gasteiger partial charge in [-0.15, -0.1) is 0 Å². The Morgan fingerprint density at radius 2 is 1.79 bits per heavy atom. The Bertz CT molecular complexity index is 718. The Balaban J connectivity index is 1.73. The van der Waals surface area contributed by atoms with E-state index in [4.69, 9.17) is 0 Å². The molecule has 1 aromatic carbocycles. The zero-order valence-electron chi connectivity index (χ0n) is 13.1. The first kappa shape index (κ1) is 15.6. The summed E-state index contributed by atoms with van der Waals surface area (Å²) in [5.41, 5.74) is -0.827. The lowest BCUT2D eigenvalue weighted by atomic mass is 9.66. The maximum atomic E-state index is 12.9. The van der Waals surface area contributed by atoms with Crippen molar-refractivity contribution in [2.75, 3.05) is 18.5 Å². The first-order valence-corrected chi connectivity index (χ1v) is 8.04. The molecule has 0 radical (unpaired) electrons. The maximum absolute atomic E-state index is 12.9. The summed E-state index contributed by atoms with van der Waals surface area (Å²) in [4.78, 5) is 28.7. The van der Waals surface area contributed by atoms with E-state index in [9.17, 15) is 22.8 Å². The summed E-state index contributed by atoms with van der Waals surface area (Å²) >= 11 is 0. The van der Waals surface area contributed by atoms with Crippen LogP contribution in [0.2, 0.25) is 0 Å². The Morgan fingerprint density at radius 1 is 1.08 bits per heavy atom. The first-order valence-electron chi connectivity index (χ1n) is 8.04. The third kappa shape index (κ3) is 2.10. The van der Waals surface area contributed by atoms with Gasteiger partial charge >= 0.3 is 6.18 Å². The van der Waals surface area contributed by atoms with E-state index in [1.54, 1.807) is 0 Å². The molecule has 5 rings (SSSR count). The number of anilines is 1. The Morgan fingerprint density at radius 3 is 2.46 bits per heavy atom. The van der Waals surface area contributed by atoms with E-state index in [1.807, 2.05) is 7.05 Å². The van der Waals surface area contributed by atoms with Gasteiger partial charge in [0.15, 0.2) is 0 Å².